The Morgan fingerprint density at radius 3 is 2.33 bits per heavy atom. The van der Waals surface area contributed by atoms with Crippen LogP contribution in [0.3, 0.4) is 0 Å². The largest absolute Gasteiger partial charge is 0.454 e. The van der Waals surface area contributed by atoms with Gasteiger partial charge in [-0.25, -0.2) is 8.78 Å². The number of rotatable bonds is 5. The first-order valence-electron chi connectivity index (χ1n) is 8.27. The second kappa shape index (κ2) is 7.65. The molecule has 1 heterocycles. The van der Waals surface area contributed by atoms with Gasteiger partial charge in [-0.1, -0.05) is 12.2 Å². The van der Waals surface area contributed by atoms with Crippen LogP contribution >= 0.6 is 0 Å². The summed E-state index contributed by atoms with van der Waals surface area (Å²) in [6.07, 6.45) is 4.55. The summed E-state index contributed by atoms with van der Waals surface area (Å²) in [7, 11) is 0. The van der Waals surface area contributed by atoms with Crippen LogP contribution in [0.15, 0.2) is 30.4 Å². The smallest absolute Gasteiger partial charge is 0.326 e. The number of ether oxygens (including phenoxy) is 1. The lowest BCUT2D eigenvalue weighted by molar-refractivity contribution is -0.154. The number of allylic oxidation sites excluding steroid dienone is 2. The van der Waals surface area contributed by atoms with Gasteiger partial charge in [0.1, 0.15) is 18.2 Å². The predicted octanol–water partition coefficient (Wildman–Crippen LogP) is 1.40. The van der Waals surface area contributed by atoms with E-state index in [1.165, 1.54) is 0 Å². The van der Waals surface area contributed by atoms with Crippen molar-refractivity contribution < 1.29 is 32.7 Å². The molecule has 0 radical (unpaired) electrons. The highest BCUT2D eigenvalue weighted by atomic mass is 19.1. The number of carbonyl (C=O) groups is 4. The zero-order chi connectivity index (χ0) is 19.6. The lowest BCUT2D eigenvalue weighted by Gasteiger charge is -2.14. The van der Waals surface area contributed by atoms with Crippen molar-refractivity contribution in [2.24, 2.45) is 11.8 Å². The quantitative estimate of drug-likeness (QED) is 0.475. The van der Waals surface area contributed by atoms with Gasteiger partial charge in [-0.2, -0.15) is 0 Å². The molecule has 3 rings (SSSR count). The van der Waals surface area contributed by atoms with Crippen LogP contribution in [0.2, 0.25) is 0 Å². The second-order valence-corrected chi connectivity index (χ2v) is 6.25. The molecular formula is C18H16F2N2O5. The fraction of sp³-hybridized carbons (Fsp3) is 0.333. The Balaban J connectivity index is 1.50. The van der Waals surface area contributed by atoms with Gasteiger partial charge in [-0.3, -0.25) is 24.1 Å². The van der Waals surface area contributed by atoms with Crippen molar-refractivity contribution >= 4 is 29.4 Å². The van der Waals surface area contributed by atoms with Gasteiger partial charge >= 0.3 is 5.97 Å². The molecule has 0 unspecified atom stereocenters. The van der Waals surface area contributed by atoms with Crippen LogP contribution in [0.25, 0.3) is 0 Å². The SMILES string of the molecule is O=C(COC(=O)CN1C(=O)[C@H]2CC=CC[C@H]2C1=O)Nc1ccc(F)cc1F. The Morgan fingerprint density at radius 1 is 1.11 bits per heavy atom. The van der Waals surface area contributed by atoms with Crippen LogP contribution in [-0.2, 0) is 23.9 Å². The number of hydrogen-bond donors (Lipinski definition) is 1. The molecule has 1 aromatic rings. The molecule has 1 aromatic carbocycles. The van der Waals surface area contributed by atoms with Gasteiger partial charge in [0, 0.05) is 6.07 Å². The normalized spacial score (nSPS) is 21.2. The molecule has 0 spiro atoms. The standard InChI is InChI=1S/C18H16F2N2O5/c19-10-5-6-14(13(20)7-10)21-15(23)9-27-16(24)8-22-17(25)11-3-1-2-4-12(11)18(22)26/h1-2,5-7,11-12H,3-4,8-9H2,(H,21,23)/t11-,12+. The van der Waals surface area contributed by atoms with Crippen molar-refractivity contribution in [3.05, 3.63) is 42.0 Å². The van der Waals surface area contributed by atoms with E-state index in [-0.39, 0.29) is 5.69 Å². The van der Waals surface area contributed by atoms with Crippen molar-refractivity contribution in [3.8, 4) is 0 Å². The first kappa shape index (κ1) is 18.7. The fourth-order valence-corrected chi connectivity index (χ4v) is 3.12. The number of carbonyl (C=O) groups excluding carboxylic acids is 4. The number of halogens is 2. The molecule has 9 heteroatoms. The van der Waals surface area contributed by atoms with Crippen molar-refractivity contribution in [3.63, 3.8) is 0 Å². The zero-order valence-corrected chi connectivity index (χ0v) is 14.1. The van der Waals surface area contributed by atoms with Gasteiger partial charge < -0.3 is 10.1 Å². The third-order valence-electron chi connectivity index (χ3n) is 4.46. The number of nitrogens with zero attached hydrogens (tertiary/aromatic N) is 1. The average molecular weight is 378 g/mol. The zero-order valence-electron chi connectivity index (χ0n) is 14.1. The minimum Gasteiger partial charge on any atom is -0.454 e. The Labute approximate surface area is 153 Å². The summed E-state index contributed by atoms with van der Waals surface area (Å²) < 4.78 is 31.0. The summed E-state index contributed by atoms with van der Waals surface area (Å²) in [6.45, 7) is -1.32. The summed E-state index contributed by atoms with van der Waals surface area (Å²) in [4.78, 5) is 48.9. The molecule has 1 saturated heterocycles. The van der Waals surface area contributed by atoms with Gasteiger partial charge in [-0.15, -0.1) is 0 Å². The summed E-state index contributed by atoms with van der Waals surface area (Å²) >= 11 is 0. The van der Waals surface area contributed by atoms with E-state index in [0.717, 1.165) is 17.0 Å². The topological polar surface area (TPSA) is 92.8 Å². The van der Waals surface area contributed by atoms with Crippen molar-refractivity contribution in [2.45, 2.75) is 12.8 Å². The number of esters is 1. The fourth-order valence-electron chi connectivity index (χ4n) is 3.12. The van der Waals surface area contributed by atoms with E-state index in [0.29, 0.717) is 18.9 Å². The number of benzene rings is 1. The van der Waals surface area contributed by atoms with Crippen molar-refractivity contribution in [1.29, 1.82) is 0 Å². The Bertz CT molecular complexity index is 813. The van der Waals surface area contributed by atoms with E-state index in [1.807, 2.05) is 12.2 Å². The first-order valence-corrected chi connectivity index (χ1v) is 8.27. The molecule has 1 N–H and O–H groups in total. The number of anilines is 1. The molecule has 2 aliphatic rings. The summed E-state index contributed by atoms with van der Waals surface area (Å²) in [5.41, 5.74) is -0.265. The van der Waals surface area contributed by atoms with Crippen LogP contribution < -0.4 is 5.32 Å². The minimum absolute atomic E-state index is 0.265. The maximum atomic E-state index is 13.5. The molecule has 2 atom stereocenters. The Morgan fingerprint density at radius 2 is 1.74 bits per heavy atom. The summed E-state index contributed by atoms with van der Waals surface area (Å²) in [5, 5.41) is 2.13. The lowest BCUT2D eigenvalue weighted by Crippen LogP contribution is -2.37. The number of imide groups is 1. The van der Waals surface area contributed by atoms with Gasteiger partial charge in [-0.05, 0) is 25.0 Å². The van der Waals surface area contributed by atoms with Crippen LogP contribution in [-0.4, -0.2) is 41.7 Å². The van der Waals surface area contributed by atoms with Gasteiger partial charge in [0.25, 0.3) is 5.91 Å². The summed E-state index contributed by atoms with van der Waals surface area (Å²) in [5.74, 6) is -5.32. The highest BCUT2D eigenvalue weighted by Gasteiger charge is 2.47. The number of nitrogens with one attached hydrogen (secondary N) is 1. The number of likely N-dealkylation sites (tertiary alicyclic amines) is 1. The van der Waals surface area contributed by atoms with E-state index in [4.69, 9.17) is 4.74 Å². The Hall–Kier alpha value is -3.10. The van der Waals surface area contributed by atoms with Gasteiger partial charge in [0.15, 0.2) is 6.61 Å². The predicted molar refractivity (Wildman–Crippen MR) is 88.0 cm³/mol. The molecular weight excluding hydrogens is 362 g/mol. The molecule has 27 heavy (non-hydrogen) atoms. The first-order chi connectivity index (χ1) is 12.9. The van der Waals surface area contributed by atoms with E-state index in [1.54, 1.807) is 0 Å². The van der Waals surface area contributed by atoms with Crippen LogP contribution in [0.5, 0.6) is 0 Å². The third-order valence-corrected chi connectivity index (χ3v) is 4.46. The number of amides is 3. The molecule has 1 fully saturated rings. The molecule has 3 amide bonds. The van der Waals surface area contributed by atoms with Gasteiger partial charge in [0.2, 0.25) is 11.8 Å². The van der Waals surface area contributed by atoms with Crippen molar-refractivity contribution in [2.75, 3.05) is 18.5 Å². The maximum absolute atomic E-state index is 13.5. The Kier molecular flexibility index (Phi) is 5.29. The van der Waals surface area contributed by atoms with Gasteiger partial charge in [0.05, 0.1) is 17.5 Å². The third kappa shape index (κ3) is 4.02. The second-order valence-electron chi connectivity index (χ2n) is 6.25. The van der Waals surface area contributed by atoms with E-state index in [2.05, 4.69) is 5.32 Å². The molecule has 0 bridgehead atoms. The van der Waals surface area contributed by atoms with E-state index in [9.17, 15) is 28.0 Å². The van der Waals surface area contributed by atoms with E-state index < -0.39 is 60.3 Å². The monoisotopic (exact) mass is 378 g/mol. The van der Waals surface area contributed by atoms with E-state index >= 15 is 0 Å². The van der Waals surface area contributed by atoms with Crippen LogP contribution in [0.4, 0.5) is 14.5 Å². The lowest BCUT2D eigenvalue weighted by atomic mass is 9.85. The summed E-state index contributed by atoms with van der Waals surface area (Å²) in [6, 6.07) is 2.59. The van der Waals surface area contributed by atoms with Crippen LogP contribution in [0, 0.1) is 23.5 Å². The molecule has 7 nitrogen and oxygen atoms in total. The number of fused-ring (bicyclic) bond motifs is 1. The van der Waals surface area contributed by atoms with Crippen molar-refractivity contribution in [1.82, 2.24) is 4.90 Å². The highest BCUT2D eigenvalue weighted by molar-refractivity contribution is 6.07. The maximum Gasteiger partial charge on any atom is 0.326 e. The molecule has 1 aliphatic heterocycles. The molecule has 0 saturated carbocycles. The molecule has 0 aromatic heterocycles. The van der Waals surface area contributed by atoms with Crippen LogP contribution in [0.1, 0.15) is 12.8 Å². The minimum atomic E-state index is -0.973. The number of hydrogen-bond acceptors (Lipinski definition) is 5. The molecule has 142 valence electrons. The molecule has 1 aliphatic carbocycles. The highest BCUT2D eigenvalue weighted by Crippen LogP contribution is 2.34. The average Bonchev–Trinajstić information content (AvgIpc) is 2.88.